The van der Waals surface area contributed by atoms with Crippen LogP contribution in [0.5, 0.6) is 0 Å². The van der Waals surface area contributed by atoms with Crippen molar-refractivity contribution in [1.82, 2.24) is 10.2 Å². The molecular formula is C15H22N2O3S. The number of nitrogens with zero attached hydrogens (tertiary/aromatic N) is 1. The van der Waals surface area contributed by atoms with Crippen LogP contribution < -0.4 is 5.32 Å². The summed E-state index contributed by atoms with van der Waals surface area (Å²) in [6.07, 6.45) is 1.11. The predicted molar refractivity (Wildman–Crippen MR) is 82.1 cm³/mol. The topological polar surface area (TPSA) is 58.6 Å². The monoisotopic (exact) mass is 310 g/mol. The molecule has 2 heterocycles. The molecule has 1 aromatic heterocycles. The molecule has 2 amide bonds. The molecule has 1 unspecified atom stereocenters. The summed E-state index contributed by atoms with van der Waals surface area (Å²) >= 11 is 1.60. The number of ether oxygens (including phenoxy) is 1. The number of nitrogens with one attached hydrogen (secondary N) is 1. The zero-order valence-corrected chi connectivity index (χ0v) is 13.5. The van der Waals surface area contributed by atoms with Crippen LogP contribution in [-0.2, 0) is 16.1 Å². The standard InChI is InChI=1S/C15H22N2O3S/c1-15(2,3)20-14(19)17-8-4-7-12(17)13(18)16-10-11-6-5-9-21-11/h5-6,9,12H,4,7-8,10H2,1-3H3,(H,16,18). The molecule has 0 bridgehead atoms. The van der Waals surface area contributed by atoms with Crippen LogP contribution in [-0.4, -0.2) is 35.1 Å². The maximum absolute atomic E-state index is 12.3. The highest BCUT2D eigenvalue weighted by Gasteiger charge is 2.36. The van der Waals surface area contributed by atoms with Gasteiger partial charge in [-0.3, -0.25) is 9.69 Å². The number of hydrogen-bond donors (Lipinski definition) is 1. The molecular weight excluding hydrogens is 288 g/mol. The third-order valence-corrected chi connectivity index (χ3v) is 4.08. The summed E-state index contributed by atoms with van der Waals surface area (Å²) < 4.78 is 5.36. The second-order valence-electron chi connectivity index (χ2n) is 6.13. The zero-order chi connectivity index (χ0) is 15.5. The lowest BCUT2D eigenvalue weighted by atomic mass is 10.2. The molecule has 21 heavy (non-hydrogen) atoms. The van der Waals surface area contributed by atoms with Gasteiger partial charge in [-0.05, 0) is 45.1 Å². The maximum Gasteiger partial charge on any atom is 0.410 e. The third kappa shape index (κ3) is 4.46. The Labute approximate surface area is 129 Å². The lowest BCUT2D eigenvalue weighted by Crippen LogP contribution is -2.47. The lowest BCUT2D eigenvalue weighted by molar-refractivity contribution is -0.125. The van der Waals surface area contributed by atoms with Gasteiger partial charge in [0.15, 0.2) is 0 Å². The summed E-state index contributed by atoms with van der Waals surface area (Å²) in [7, 11) is 0. The Morgan fingerprint density at radius 3 is 2.86 bits per heavy atom. The minimum absolute atomic E-state index is 0.105. The van der Waals surface area contributed by atoms with Gasteiger partial charge in [0.05, 0.1) is 6.54 Å². The minimum Gasteiger partial charge on any atom is -0.444 e. The first-order valence-corrected chi connectivity index (χ1v) is 8.04. The molecule has 0 spiro atoms. The molecule has 0 aliphatic carbocycles. The fraction of sp³-hybridized carbons (Fsp3) is 0.600. The van der Waals surface area contributed by atoms with Crippen molar-refractivity contribution >= 4 is 23.3 Å². The van der Waals surface area contributed by atoms with Crippen molar-refractivity contribution in [1.29, 1.82) is 0 Å². The van der Waals surface area contributed by atoms with Gasteiger partial charge in [-0.15, -0.1) is 11.3 Å². The Balaban J connectivity index is 1.91. The molecule has 2 rings (SSSR count). The van der Waals surface area contributed by atoms with Crippen LogP contribution >= 0.6 is 11.3 Å². The van der Waals surface area contributed by atoms with Crippen molar-refractivity contribution in [3.63, 3.8) is 0 Å². The summed E-state index contributed by atoms with van der Waals surface area (Å²) in [5.74, 6) is -0.105. The minimum atomic E-state index is -0.544. The van der Waals surface area contributed by atoms with Crippen LogP contribution in [0.2, 0.25) is 0 Å². The Bertz CT molecular complexity index is 494. The normalized spacial score (nSPS) is 18.6. The first-order chi connectivity index (χ1) is 9.87. The van der Waals surface area contributed by atoms with Gasteiger partial charge in [0.25, 0.3) is 0 Å². The summed E-state index contributed by atoms with van der Waals surface area (Å²) in [5, 5.41) is 4.87. The predicted octanol–water partition coefficient (Wildman–Crippen LogP) is 2.76. The molecule has 1 aliphatic heterocycles. The molecule has 1 aromatic rings. The van der Waals surface area contributed by atoms with Gasteiger partial charge >= 0.3 is 6.09 Å². The molecule has 1 saturated heterocycles. The molecule has 0 aromatic carbocycles. The van der Waals surface area contributed by atoms with Gasteiger partial charge in [-0.2, -0.15) is 0 Å². The van der Waals surface area contributed by atoms with Crippen molar-refractivity contribution in [2.75, 3.05) is 6.54 Å². The van der Waals surface area contributed by atoms with Crippen LogP contribution in [0.4, 0.5) is 4.79 Å². The van der Waals surface area contributed by atoms with Gasteiger partial charge in [0, 0.05) is 11.4 Å². The summed E-state index contributed by atoms with van der Waals surface area (Å²) in [6.45, 7) is 6.56. The van der Waals surface area contributed by atoms with E-state index >= 15 is 0 Å². The van der Waals surface area contributed by atoms with Crippen molar-refractivity contribution in [3.8, 4) is 0 Å². The molecule has 116 valence electrons. The van der Waals surface area contributed by atoms with Crippen molar-refractivity contribution in [2.45, 2.75) is 51.8 Å². The number of amides is 2. The Morgan fingerprint density at radius 1 is 1.48 bits per heavy atom. The Kier molecular flexibility index (Phi) is 4.88. The van der Waals surface area contributed by atoms with Crippen LogP contribution in [0.3, 0.4) is 0 Å². The first-order valence-electron chi connectivity index (χ1n) is 7.16. The van der Waals surface area contributed by atoms with Crippen LogP contribution in [0.15, 0.2) is 17.5 Å². The second-order valence-corrected chi connectivity index (χ2v) is 7.16. The van der Waals surface area contributed by atoms with E-state index in [2.05, 4.69) is 5.32 Å². The number of carbonyl (C=O) groups is 2. The van der Waals surface area contributed by atoms with E-state index in [1.54, 1.807) is 11.3 Å². The highest BCUT2D eigenvalue weighted by atomic mass is 32.1. The number of hydrogen-bond acceptors (Lipinski definition) is 4. The Morgan fingerprint density at radius 2 is 2.24 bits per heavy atom. The van der Waals surface area contributed by atoms with E-state index in [0.717, 1.165) is 11.3 Å². The average molecular weight is 310 g/mol. The second kappa shape index (κ2) is 6.47. The van der Waals surface area contributed by atoms with E-state index in [-0.39, 0.29) is 5.91 Å². The van der Waals surface area contributed by atoms with Gasteiger partial charge in [-0.1, -0.05) is 6.07 Å². The summed E-state index contributed by atoms with van der Waals surface area (Å²) in [6, 6.07) is 3.51. The molecule has 5 nitrogen and oxygen atoms in total. The van der Waals surface area contributed by atoms with E-state index in [1.165, 1.54) is 4.90 Å². The van der Waals surface area contributed by atoms with Gasteiger partial charge in [0.2, 0.25) is 5.91 Å². The van der Waals surface area contributed by atoms with Gasteiger partial charge in [-0.25, -0.2) is 4.79 Å². The molecule has 6 heteroatoms. The third-order valence-electron chi connectivity index (χ3n) is 3.20. The SMILES string of the molecule is CC(C)(C)OC(=O)N1CCCC1C(=O)NCc1cccs1. The highest BCUT2D eigenvalue weighted by Crippen LogP contribution is 2.21. The lowest BCUT2D eigenvalue weighted by Gasteiger charge is -2.28. The van der Waals surface area contributed by atoms with E-state index in [9.17, 15) is 9.59 Å². The largest absolute Gasteiger partial charge is 0.444 e. The van der Waals surface area contributed by atoms with Gasteiger partial charge < -0.3 is 10.1 Å². The van der Waals surface area contributed by atoms with Crippen LogP contribution in [0.1, 0.15) is 38.5 Å². The van der Waals surface area contributed by atoms with E-state index in [4.69, 9.17) is 4.74 Å². The van der Waals surface area contributed by atoms with E-state index < -0.39 is 17.7 Å². The average Bonchev–Trinajstić information content (AvgIpc) is 3.05. The number of likely N-dealkylation sites (tertiary alicyclic amines) is 1. The highest BCUT2D eigenvalue weighted by molar-refractivity contribution is 7.09. The molecule has 1 N–H and O–H groups in total. The van der Waals surface area contributed by atoms with Crippen LogP contribution in [0.25, 0.3) is 0 Å². The molecule has 1 atom stereocenters. The van der Waals surface area contributed by atoms with E-state index in [1.807, 2.05) is 38.3 Å². The fourth-order valence-electron chi connectivity index (χ4n) is 2.28. The smallest absolute Gasteiger partial charge is 0.410 e. The molecule has 1 aliphatic rings. The molecule has 0 saturated carbocycles. The summed E-state index contributed by atoms with van der Waals surface area (Å²) in [5.41, 5.74) is -0.544. The van der Waals surface area contributed by atoms with Crippen molar-refractivity contribution in [2.24, 2.45) is 0 Å². The number of rotatable bonds is 3. The fourth-order valence-corrected chi connectivity index (χ4v) is 2.93. The molecule has 0 radical (unpaired) electrons. The zero-order valence-electron chi connectivity index (χ0n) is 12.7. The maximum atomic E-state index is 12.3. The van der Waals surface area contributed by atoms with Crippen molar-refractivity contribution in [3.05, 3.63) is 22.4 Å². The number of thiophene rings is 1. The van der Waals surface area contributed by atoms with E-state index in [0.29, 0.717) is 19.5 Å². The quantitative estimate of drug-likeness (QED) is 0.934. The van der Waals surface area contributed by atoms with Crippen molar-refractivity contribution < 1.29 is 14.3 Å². The molecule has 1 fully saturated rings. The first kappa shape index (κ1) is 15.8. The van der Waals surface area contributed by atoms with Crippen LogP contribution in [0, 0.1) is 0 Å². The summed E-state index contributed by atoms with van der Waals surface area (Å²) in [4.78, 5) is 27.0. The Hall–Kier alpha value is -1.56. The number of carbonyl (C=O) groups excluding carboxylic acids is 2. The van der Waals surface area contributed by atoms with Gasteiger partial charge in [0.1, 0.15) is 11.6 Å².